The molecule has 1 aliphatic rings. The van der Waals surface area contributed by atoms with E-state index in [1.807, 2.05) is 0 Å². The van der Waals surface area contributed by atoms with E-state index in [2.05, 4.69) is 6.92 Å². The van der Waals surface area contributed by atoms with Crippen molar-refractivity contribution in [1.29, 1.82) is 0 Å². The van der Waals surface area contributed by atoms with E-state index >= 15 is 0 Å². The van der Waals surface area contributed by atoms with E-state index in [1.165, 1.54) is 32.1 Å². The van der Waals surface area contributed by atoms with Gasteiger partial charge in [-0.1, -0.05) is 44.8 Å². The molecule has 0 nitrogen and oxygen atoms in total. The van der Waals surface area contributed by atoms with Crippen LogP contribution in [0.15, 0.2) is 0 Å². The molecule has 0 heterocycles. The van der Waals surface area contributed by atoms with Crippen molar-refractivity contribution in [3.05, 3.63) is 0 Å². The molecule has 9 heavy (non-hydrogen) atoms. The van der Waals surface area contributed by atoms with Gasteiger partial charge < -0.3 is 0 Å². The third-order valence-electron chi connectivity index (χ3n) is 2.23. The fourth-order valence-corrected chi connectivity index (χ4v) is 1.65. The molecular formula is C8H15B. The molecule has 0 aliphatic heterocycles. The highest BCUT2D eigenvalue weighted by Gasteiger charge is 2.11. The second kappa shape index (κ2) is 3.29. The van der Waals surface area contributed by atoms with Gasteiger partial charge in [0.15, 0.2) is 0 Å². The summed E-state index contributed by atoms with van der Waals surface area (Å²) in [4.78, 5) is 0. The maximum Gasteiger partial charge on any atom is 0.0699 e. The summed E-state index contributed by atoms with van der Waals surface area (Å²) in [5.41, 5.74) is 0. The fraction of sp³-hybridized carbons (Fsp3) is 1.00. The van der Waals surface area contributed by atoms with Gasteiger partial charge in [-0.25, -0.2) is 0 Å². The summed E-state index contributed by atoms with van der Waals surface area (Å²) in [6.07, 6.45) is 6.65. The van der Waals surface area contributed by atoms with Crippen molar-refractivity contribution in [2.75, 3.05) is 0 Å². The Morgan fingerprint density at radius 3 is 2.67 bits per heavy atom. The van der Waals surface area contributed by atoms with Crippen molar-refractivity contribution in [3.8, 4) is 0 Å². The Morgan fingerprint density at radius 2 is 1.89 bits per heavy atom. The maximum absolute atomic E-state index is 5.83. The molecule has 0 amide bonds. The first-order valence-electron chi connectivity index (χ1n) is 4.04. The number of hydrogen-bond acceptors (Lipinski definition) is 0. The Hall–Kier alpha value is 0.0649. The van der Waals surface area contributed by atoms with Gasteiger partial charge in [-0.05, 0) is 5.92 Å². The largest absolute Gasteiger partial charge is 0.0771 e. The molecule has 1 rings (SSSR count). The molecule has 1 saturated carbocycles. The molecule has 0 bridgehead atoms. The van der Waals surface area contributed by atoms with Crippen LogP contribution in [0.2, 0.25) is 5.82 Å². The minimum Gasteiger partial charge on any atom is -0.0771 e. The van der Waals surface area contributed by atoms with Gasteiger partial charge in [-0.2, -0.15) is 0 Å². The van der Waals surface area contributed by atoms with E-state index in [-0.39, 0.29) is 0 Å². The normalized spacial score (nSPS) is 37.9. The molecule has 0 aromatic rings. The van der Waals surface area contributed by atoms with Gasteiger partial charge in [0, 0.05) is 0 Å². The SMILES string of the molecule is [B]C1CCCCC(C)C1. The lowest BCUT2D eigenvalue weighted by Crippen LogP contribution is -1.96. The lowest BCUT2D eigenvalue weighted by Gasteiger charge is -2.10. The van der Waals surface area contributed by atoms with Crippen LogP contribution in [0, 0.1) is 5.92 Å². The summed E-state index contributed by atoms with van der Waals surface area (Å²) in [6, 6.07) is 0. The van der Waals surface area contributed by atoms with Crippen LogP contribution in [0.25, 0.3) is 0 Å². The number of hydrogen-bond donors (Lipinski definition) is 0. The van der Waals surface area contributed by atoms with Crippen LogP contribution < -0.4 is 0 Å². The van der Waals surface area contributed by atoms with Crippen molar-refractivity contribution < 1.29 is 0 Å². The summed E-state index contributed by atoms with van der Waals surface area (Å²) in [7, 11) is 5.83. The molecule has 50 valence electrons. The minimum absolute atomic E-state index is 0.502. The summed E-state index contributed by atoms with van der Waals surface area (Å²) in [6.45, 7) is 2.31. The zero-order valence-electron chi connectivity index (χ0n) is 6.27. The molecule has 1 fully saturated rings. The second-order valence-corrected chi connectivity index (χ2v) is 3.39. The molecule has 0 N–H and O–H groups in total. The Kier molecular flexibility index (Phi) is 2.62. The minimum atomic E-state index is 0.502. The van der Waals surface area contributed by atoms with E-state index in [0.29, 0.717) is 5.82 Å². The molecular weight excluding hydrogens is 107 g/mol. The van der Waals surface area contributed by atoms with Crippen LogP contribution in [-0.4, -0.2) is 7.85 Å². The highest BCUT2D eigenvalue weighted by atomic mass is 14.1. The first kappa shape index (κ1) is 7.18. The average molecular weight is 122 g/mol. The van der Waals surface area contributed by atoms with Crippen LogP contribution >= 0.6 is 0 Å². The van der Waals surface area contributed by atoms with Crippen molar-refractivity contribution in [3.63, 3.8) is 0 Å². The average Bonchev–Trinajstić information content (AvgIpc) is 1.93. The van der Waals surface area contributed by atoms with E-state index < -0.39 is 0 Å². The molecule has 0 aromatic heterocycles. The molecule has 2 radical (unpaired) electrons. The van der Waals surface area contributed by atoms with Crippen LogP contribution in [0.5, 0.6) is 0 Å². The van der Waals surface area contributed by atoms with Crippen LogP contribution in [0.1, 0.15) is 39.0 Å². The molecule has 1 heteroatoms. The van der Waals surface area contributed by atoms with E-state index in [1.54, 1.807) is 0 Å². The predicted molar refractivity (Wildman–Crippen MR) is 41.8 cm³/mol. The van der Waals surface area contributed by atoms with Gasteiger partial charge in [0.25, 0.3) is 0 Å². The number of rotatable bonds is 0. The lowest BCUT2D eigenvalue weighted by atomic mass is 9.79. The first-order valence-corrected chi connectivity index (χ1v) is 4.04. The highest BCUT2D eigenvalue weighted by molar-refractivity contribution is 6.11. The summed E-state index contributed by atoms with van der Waals surface area (Å²) >= 11 is 0. The zero-order valence-corrected chi connectivity index (χ0v) is 6.27. The summed E-state index contributed by atoms with van der Waals surface area (Å²) in [5, 5.41) is 0. The Balaban J connectivity index is 2.29. The van der Waals surface area contributed by atoms with Crippen molar-refractivity contribution >= 4 is 7.85 Å². The maximum atomic E-state index is 5.83. The van der Waals surface area contributed by atoms with Crippen LogP contribution in [0.3, 0.4) is 0 Å². The molecule has 0 aromatic carbocycles. The summed E-state index contributed by atoms with van der Waals surface area (Å²) in [5.74, 6) is 1.38. The van der Waals surface area contributed by atoms with Crippen molar-refractivity contribution in [1.82, 2.24) is 0 Å². The monoisotopic (exact) mass is 122 g/mol. The zero-order chi connectivity index (χ0) is 6.69. The van der Waals surface area contributed by atoms with Crippen molar-refractivity contribution in [2.24, 2.45) is 5.92 Å². The summed E-state index contributed by atoms with van der Waals surface area (Å²) < 4.78 is 0. The van der Waals surface area contributed by atoms with E-state index in [9.17, 15) is 0 Å². The quantitative estimate of drug-likeness (QED) is 0.342. The fourth-order valence-electron chi connectivity index (χ4n) is 1.65. The Labute approximate surface area is 59.4 Å². The van der Waals surface area contributed by atoms with Gasteiger partial charge in [-0.3, -0.25) is 0 Å². The van der Waals surface area contributed by atoms with Gasteiger partial charge >= 0.3 is 0 Å². The van der Waals surface area contributed by atoms with Gasteiger partial charge in [-0.15, -0.1) is 0 Å². The van der Waals surface area contributed by atoms with E-state index in [0.717, 1.165) is 5.92 Å². The van der Waals surface area contributed by atoms with Crippen LogP contribution in [0.4, 0.5) is 0 Å². The third-order valence-corrected chi connectivity index (χ3v) is 2.23. The standard InChI is InChI=1S/C8H15B/c1-7-4-2-3-5-8(9)6-7/h7-8H,2-6H2,1H3. The Bertz CT molecular complexity index is 70.6. The second-order valence-electron chi connectivity index (χ2n) is 3.39. The smallest absolute Gasteiger partial charge is 0.0699 e. The predicted octanol–water partition coefficient (Wildman–Crippen LogP) is 2.54. The topological polar surface area (TPSA) is 0 Å². The molecule has 0 saturated heterocycles. The first-order chi connectivity index (χ1) is 4.29. The third kappa shape index (κ3) is 2.42. The van der Waals surface area contributed by atoms with Gasteiger partial charge in [0.05, 0.1) is 7.85 Å². The molecule has 0 spiro atoms. The molecule has 1 aliphatic carbocycles. The lowest BCUT2D eigenvalue weighted by molar-refractivity contribution is 0.505. The van der Waals surface area contributed by atoms with Gasteiger partial charge in [0.2, 0.25) is 0 Å². The highest BCUT2D eigenvalue weighted by Crippen LogP contribution is 2.28. The van der Waals surface area contributed by atoms with Gasteiger partial charge in [0.1, 0.15) is 0 Å². The molecule has 2 atom stereocenters. The molecule has 2 unspecified atom stereocenters. The van der Waals surface area contributed by atoms with Crippen molar-refractivity contribution in [2.45, 2.75) is 44.8 Å². The Morgan fingerprint density at radius 1 is 1.22 bits per heavy atom. The van der Waals surface area contributed by atoms with Crippen LogP contribution in [-0.2, 0) is 0 Å². The van der Waals surface area contributed by atoms with E-state index in [4.69, 9.17) is 7.85 Å².